The third kappa shape index (κ3) is 3.45. The van der Waals surface area contributed by atoms with E-state index in [1.54, 1.807) is 0 Å². The topological polar surface area (TPSA) is 20.3 Å². The van der Waals surface area contributed by atoms with Crippen LogP contribution in [0.5, 0.6) is 0 Å². The number of rotatable bonds is 5. The largest absolute Gasteiger partial charge is 0.339 e. The van der Waals surface area contributed by atoms with Gasteiger partial charge in [-0.1, -0.05) is 31.4 Å². The Bertz CT molecular complexity index is 474. The summed E-state index contributed by atoms with van der Waals surface area (Å²) in [5.41, 5.74) is 1.11. The Morgan fingerprint density at radius 3 is 2.29 bits per heavy atom. The summed E-state index contributed by atoms with van der Waals surface area (Å²) in [6.45, 7) is 0.783. The Morgan fingerprint density at radius 2 is 1.71 bits per heavy atom. The van der Waals surface area contributed by atoms with Crippen molar-refractivity contribution in [1.82, 2.24) is 4.90 Å². The number of hydrogen-bond acceptors (Lipinski definition) is 1. The molecule has 0 saturated heterocycles. The molecule has 21 heavy (non-hydrogen) atoms. The van der Waals surface area contributed by atoms with E-state index in [0.29, 0.717) is 11.9 Å². The van der Waals surface area contributed by atoms with Crippen LogP contribution >= 0.6 is 0 Å². The van der Waals surface area contributed by atoms with Crippen LogP contribution in [0, 0.1) is 11.7 Å². The maximum Gasteiger partial charge on any atom is 0.225 e. The lowest BCUT2D eigenvalue weighted by atomic mass is 9.84. The van der Waals surface area contributed by atoms with Crippen molar-refractivity contribution in [3.05, 3.63) is 35.6 Å². The number of hydrogen-bond donors (Lipinski definition) is 0. The molecule has 3 rings (SSSR count). The Hall–Kier alpha value is -1.38. The van der Waals surface area contributed by atoms with Gasteiger partial charge in [-0.15, -0.1) is 0 Å². The molecule has 0 unspecified atom stereocenters. The van der Waals surface area contributed by atoms with Gasteiger partial charge in [-0.25, -0.2) is 4.39 Å². The molecular formula is C18H24FNO. The molecular weight excluding hydrogens is 265 g/mol. The summed E-state index contributed by atoms with van der Waals surface area (Å²) in [5.74, 6) is 0.450. The second-order valence-electron chi connectivity index (χ2n) is 6.47. The molecule has 2 aliphatic carbocycles. The number of halogens is 1. The van der Waals surface area contributed by atoms with Crippen LogP contribution in [-0.4, -0.2) is 23.4 Å². The van der Waals surface area contributed by atoms with E-state index in [4.69, 9.17) is 0 Å². The van der Waals surface area contributed by atoms with Gasteiger partial charge in [-0.2, -0.15) is 0 Å². The molecule has 2 fully saturated rings. The van der Waals surface area contributed by atoms with Crippen molar-refractivity contribution in [3.63, 3.8) is 0 Å². The van der Waals surface area contributed by atoms with Crippen molar-refractivity contribution in [1.29, 1.82) is 0 Å². The minimum absolute atomic E-state index is 0.197. The van der Waals surface area contributed by atoms with E-state index in [9.17, 15) is 9.18 Å². The van der Waals surface area contributed by atoms with Crippen LogP contribution in [0.15, 0.2) is 24.3 Å². The zero-order chi connectivity index (χ0) is 14.7. The first-order chi connectivity index (χ1) is 10.2. The first-order valence-corrected chi connectivity index (χ1v) is 8.29. The summed E-state index contributed by atoms with van der Waals surface area (Å²) in [5, 5.41) is 0. The number of nitrogens with zero attached hydrogens (tertiary/aromatic N) is 1. The highest BCUT2D eigenvalue weighted by Crippen LogP contribution is 2.32. The molecule has 0 bridgehead atoms. The van der Waals surface area contributed by atoms with Gasteiger partial charge in [0.1, 0.15) is 5.82 Å². The van der Waals surface area contributed by atoms with Crippen LogP contribution in [-0.2, 0) is 11.2 Å². The number of amides is 1. The fraction of sp³-hybridized carbons (Fsp3) is 0.611. The monoisotopic (exact) mass is 289 g/mol. The Kier molecular flexibility index (Phi) is 4.57. The van der Waals surface area contributed by atoms with Crippen molar-refractivity contribution in [2.75, 3.05) is 6.54 Å². The van der Waals surface area contributed by atoms with Gasteiger partial charge in [0.2, 0.25) is 5.91 Å². The summed E-state index contributed by atoms with van der Waals surface area (Å²) in [6.07, 6.45) is 8.97. The fourth-order valence-electron chi connectivity index (χ4n) is 3.48. The zero-order valence-corrected chi connectivity index (χ0v) is 12.6. The minimum Gasteiger partial charge on any atom is -0.339 e. The maximum atomic E-state index is 13.0. The molecule has 114 valence electrons. The van der Waals surface area contributed by atoms with Crippen molar-refractivity contribution in [2.24, 2.45) is 5.92 Å². The standard InChI is InChI=1S/C18H24FNO/c19-16-10-8-14(9-11-16)12-13-20(17-6-1-2-7-17)18(21)15-4-3-5-15/h8-11,15,17H,1-7,12-13H2. The molecule has 0 heterocycles. The number of carbonyl (C=O) groups is 1. The lowest BCUT2D eigenvalue weighted by Gasteiger charge is -2.35. The van der Waals surface area contributed by atoms with E-state index in [2.05, 4.69) is 4.90 Å². The first kappa shape index (κ1) is 14.6. The highest BCUT2D eigenvalue weighted by Gasteiger charge is 2.33. The lowest BCUT2D eigenvalue weighted by molar-refractivity contribution is -0.140. The highest BCUT2D eigenvalue weighted by molar-refractivity contribution is 5.80. The molecule has 0 spiro atoms. The fourth-order valence-corrected chi connectivity index (χ4v) is 3.48. The van der Waals surface area contributed by atoms with Gasteiger partial charge in [0, 0.05) is 18.5 Å². The molecule has 3 heteroatoms. The maximum absolute atomic E-state index is 13.0. The number of carbonyl (C=O) groups excluding carboxylic acids is 1. The summed E-state index contributed by atoms with van der Waals surface area (Å²) in [7, 11) is 0. The third-order valence-corrected chi connectivity index (χ3v) is 5.06. The predicted octanol–water partition coefficient (Wildman–Crippen LogP) is 3.94. The first-order valence-electron chi connectivity index (χ1n) is 8.29. The molecule has 1 aromatic carbocycles. The molecule has 2 aliphatic rings. The van der Waals surface area contributed by atoms with Gasteiger partial charge in [0.25, 0.3) is 0 Å². The highest BCUT2D eigenvalue weighted by atomic mass is 19.1. The predicted molar refractivity (Wildman–Crippen MR) is 81.4 cm³/mol. The second kappa shape index (κ2) is 6.59. The van der Waals surface area contributed by atoms with Crippen LogP contribution in [0.2, 0.25) is 0 Å². The summed E-state index contributed by atoms with van der Waals surface area (Å²) >= 11 is 0. The summed E-state index contributed by atoms with van der Waals surface area (Å²) < 4.78 is 13.0. The third-order valence-electron chi connectivity index (χ3n) is 5.06. The van der Waals surface area contributed by atoms with Crippen LogP contribution in [0.25, 0.3) is 0 Å². The van der Waals surface area contributed by atoms with Crippen LogP contribution in [0.4, 0.5) is 4.39 Å². The molecule has 0 radical (unpaired) electrons. The molecule has 0 N–H and O–H groups in total. The van der Waals surface area contributed by atoms with E-state index in [-0.39, 0.29) is 11.7 Å². The average Bonchev–Trinajstić information content (AvgIpc) is 2.93. The second-order valence-corrected chi connectivity index (χ2v) is 6.47. The van der Waals surface area contributed by atoms with E-state index in [1.807, 2.05) is 12.1 Å². The molecule has 0 aromatic heterocycles. The Balaban J connectivity index is 1.63. The van der Waals surface area contributed by atoms with E-state index in [1.165, 1.54) is 31.4 Å². The van der Waals surface area contributed by atoms with Crippen molar-refractivity contribution >= 4 is 5.91 Å². The van der Waals surface area contributed by atoms with Gasteiger partial charge in [0.05, 0.1) is 0 Å². The van der Waals surface area contributed by atoms with Gasteiger partial charge in [-0.3, -0.25) is 4.79 Å². The van der Waals surface area contributed by atoms with Crippen LogP contribution < -0.4 is 0 Å². The Labute approximate surface area is 126 Å². The SMILES string of the molecule is O=C(C1CCC1)N(CCc1ccc(F)cc1)C1CCCC1. The Morgan fingerprint density at radius 1 is 1.05 bits per heavy atom. The minimum atomic E-state index is -0.197. The van der Waals surface area contributed by atoms with Gasteiger partial charge >= 0.3 is 0 Å². The van der Waals surface area contributed by atoms with Crippen molar-refractivity contribution in [2.45, 2.75) is 57.4 Å². The van der Waals surface area contributed by atoms with E-state index >= 15 is 0 Å². The molecule has 0 atom stereocenters. The molecule has 2 nitrogen and oxygen atoms in total. The zero-order valence-electron chi connectivity index (χ0n) is 12.6. The molecule has 1 aromatic rings. The number of benzene rings is 1. The quantitative estimate of drug-likeness (QED) is 0.804. The molecule has 2 saturated carbocycles. The molecule has 0 aliphatic heterocycles. The smallest absolute Gasteiger partial charge is 0.225 e. The van der Waals surface area contributed by atoms with Gasteiger partial charge in [-0.05, 0) is 49.8 Å². The van der Waals surface area contributed by atoms with Crippen molar-refractivity contribution in [3.8, 4) is 0 Å². The average molecular weight is 289 g/mol. The van der Waals surface area contributed by atoms with E-state index in [0.717, 1.165) is 44.2 Å². The van der Waals surface area contributed by atoms with Crippen molar-refractivity contribution < 1.29 is 9.18 Å². The van der Waals surface area contributed by atoms with Gasteiger partial charge in [0.15, 0.2) is 0 Å². The molecule has 1 amide bonds. The normalized spacial score (nSPS) is 19.5. The van der Waals surface area contributed by atoms with E-state index < -0.39 is 0 Å². The summed E-state index contributed by atoms with van der Waals surface area (Å²) in [6, 6.07) is 7.11. The lowest BCUT2D eigenvalue weighted by Crippen LogP contribution is -2.45. The van der Waals surface area contributed by atoms with Gasteiger partial charge < -0.3 is 4.90 Å². The van der Waals surface area contributed by atoms with Crippen LogP contribution in [0.1, 0.15) is 50.5 Å². The van der Waals surface area contributed by atoms with Crippen LogP contribution in [0.3, 0.4) is 0 Å². The summed E-state index contributed by atoms with van der Waals surface area (Å²) in [4.78, 5) is 14.8.